The fourth-order valence-electron chi connectivity index (χ4n) is 0.762. The molecule has 0 radical (unpaired) electrons. The van der Waals surface area contributed by atoms with Gasteiger partial charge in [-0.3, -0.25) is 4.79 Å². The average molecular weight is 197 g/mol. The summed E-state index contributed by atoms with van der Waals surface area (Å²) in [6.45, 7) is 1.94. The zero-order valence-electron chi connectivity index (χ0n) is 7.02. The van der Waals surface area contributed by atoms with Crippen LogP contribution in [0.15, 0.2) is 29.2 Å². The summed E-state index contributed by atoms with van der Waals surface area (Å²) in [6.07, 6.45) is 0. The fourth-order valence-corrected chi connectivity index (χ4v) is 1.34. The van der Waals surface area contributed by atoms with Gasteiger partial charge in [-0.25, -0.2) is 4.79 Å². The van der Waals surface area contributed by atoms with Crippen molar-refractivity contribution in [2.75, 3.05) is 0 Å². The molecule has 0 aliphatic rings. The molecule has 1 aromatic carbocycles. The minimum atomic E-state index is -1.30. The molecule has 68 valence electrons. The molecule has 0 amide bonds. The Hall–Kier alpha value is -1.29. The van der Waals surface area contributed by atoms with Crippen LogP contribution in [0.25, 0.3) is 0 Å². The van der Waals surface area contributed by atoms with Crippen LogP contribution in [0.4, 0.5) is 0 Å². The molecule has 0 aromatic heterocycles. The summed E-state index contributed by atoms with van der Waals surface area (Å²) in [5.74, 6) is -1.30. The van der Waals surface area contributed by atoms with Gasteiger partial charge >= 0.3 is 11.1 Å². The molecule has 0 bridgehead atoms. The quantitative estimate of drug-likeness (QED) is 0.423. The summed E-state index contributed by atoms with van der Waals surface area (Å²) in [5, 5.41) is 7.78. The Kier molecular flexibility index (Phi) is 3.08. The van der Waals surface area contributed by atoms with Crippen molar-refractivity contribution in [2.45, 2.75) is 11.8 Å². The Bertz CT molecular complexity index is 329. The van der Waals surface area contributed by atoms with Gasteiger partial charge in [-0.1, -0.05) is 17.7 Å². The number of aliphatic carboxylic acids is 1. The van der Waals surface area contributed by atoms with Gasteiger partial charge < -0.3 is 5.11 Å². The maximum Gasteiger partial charge on any atom is 0.463 e. The summed E-state index contributed by atoms with van der Waals surface area (Å²) in [5.41, 5.74) is 1.10. The van der Waals surface area contributed by atoms with Crippen molar-refractivity contribution in [1.82, 2.24) is 0 Å². The number of carbonyl (C=O) groups excluding carboxylic acids is 1. The van der Waals surface area contributed by atoms with Crippen LogP contribution < -0.4 is 0 Å². The van der Waals surface area contributed by atoms with Crippen molar-refractivity contribution in [2.24, 2.45) is 0 Å². The van der Waals surface area contributed by atoms with Crippen molar-refractivity contribution in [3.8, 4) is 0 Å². The van der Waals surface area contributed by atoms with Crippen LogP contribution >= 0.6 is 11.8 Å². The second kappa shape index (κ2) is 4.09. The van der Waals surface area contributed by atoms with Crippen molar-refractivity contribution >= 4 is 22.8 Å². The predicted octanol–water partition coefficient (Wildman–Crippen LogP) is 1.67. The number of carboxylic acid groups (broad SMARTS) is 1. The Morgan fingerprint density at radius 3 is 2.38 bits per heavy atom. The van der Waals surface area contributed by atoms with Gasteiger partial charge in [0.1, 0.15) is 0 Å². The SMILES string of the molecule is Cc1ccc(SC(=[OH+])C(=O)O)cc1. The van der Waals surface area contributed by atoms with Crippen molar-refractivity contribution in [1.29, 1.82) is 0 Å². The van der Waals surface area contributed by atoms with Gasteiger partial charge in [0.2, 0.25) is 0 Å². The van der Waals surface area contributed by atoms with E-state index in [9.17, 15) is 4.79 Å². The number of hydrogen-bond donors (Lipinski definition) is 1. The van der Waals surface area contributed by atoms with Crippen LogP contribution in [0.3, 0.4) is 0 Å². The van der Waals surface area contributed by atoms with E-state index in [1.807, 2.05) is 19.1 Å². The number of benzene rings is 1. The lowest BCUT2D eigenvalue weighted by Crippen LogP contribution is -2.07. The zero-order valence-corrected chi connectivity index (χ0v) is 7.84. The van der Waals surface area contributed by atoms with Crippen molar-refractivity contribution < 1.29 is 14.7 Å². The molecule has 3 nitrogen and oxygen atoms in total. The lowest BCUT2D eigenvalue weighted by atomic mass is 10.2. The normalized spacial score (nSPS) is 9.62. The fraction of sp³-hybridized carbons (Fsp3) is 0.111. The number of hydrogen-bond acceptors (Lipinski definition) is 2. The smallest absolute Gasteiger partial charge is 0.463 e. The maximum atomic E-state index is 10.3. The molecule has 0 aliphatic heterocycles. The highest BCUT2D eigenvalue weighted by Crippen LogP contribution is 2.18. The molecule has 0 unspecified atom stereocenters. The van der Waals surface area contributed by atoms with Crippen LogP contribution in [-0.4, -0.2) is 21.0 Å². The Labute approximate surface area is 79.8 Å². The number of aryl methyl sites for hydroxylation is 1. The van der Waals surface area contributed by atoms with Crippen molar-refractivity contribution in [3.05, 3.63) is 29.8 Å². The minimum absolute atomic E-state index is 0.608. The Morgan fingerprint density at radius 1 is 1.38 bits per heavy atom. The third-order valence-electron chi connectivity index (χ3n) is 1.42. The molecule has 2 N–H and O–H groups in total. The number of carbonyl (C=O) groups is 1. The van der Waals surface area contributed by atoms with Gasteiger partial charge in [-0.15, -0.1) is 0 Å². The monoisotopic (exact) mass is 197 g/mol. The van der Waals surface area contributed by atoms with E-state index in [1.165, 1.54) is 0 Å². The van der Waals surface area contributed by atoms with E-state index in [-0.39, 0.29) is 0 Å². The summed E-state index contributed by atoms with van der Waals surface area (Å²) in [7, 11) is 0. The molecule has 1 rings (SSSR count). The van der Waals surface area contributed by atoms with Crippen LogP contribution in [0.5, 0.6) is 0 Å². The van der Waals surface area contributed by atoms with Gasteiger partial charge in [0, 0.05) is 16.7 Å². The van der Waals surface area contributed by atoms with Gasteiger partial charge in [0.05, 0.1) is 0 Å². The highest BCUT2D eigenvalue weighted by Gasteiger charge is 2.20. The van der Waals surface area contributed by atoms with E-state index >= 15 is 0 Å². The molecular formula is C9H9O3S+. The second-order valence-electron chi connectivity index (χ2n) is 2.53. The topological polar surface area (TPSA) is 58.7 Å². The first-order valence-corrected chi connectivity index (χ1v) is 4.45. The molecule has 0 fully saturated rings. The molecular weight excluding hydrogens is 188 g/mol. The standard InChI is InChI=1S/C9H8O3S/c1-6-2-4-7(5-3-6)13-9(12)8(10)11/h2-5H,1H3,(H,10,11)/p+1. The third kappa shape index (κ3) is 2.91. The van der Waals surface area contributed by atoms with E-state index in [0.29, 0.717) is 4.90 Å². The number of thioether (sulfide) groups is 1. The molecule has 0 spiro atoms. The van der Waals surface area contributed by atoms with Crippen molar-refractivity contribution in [3.63, 3.8) is 0 Å². The first kappa shape index (κ1) is 9.80. The van der Waals surface area contributed by atoms with E-state index < -0.39 is 11.1 Å². The molecule has 0 saturated heterocycles. The first-order valence-electron chi connectivity index (χ1n) is 3.63. The number of rotatable bonds is 1. The van der Waals surface area contributed by atoms with Crippen LogP contribution in [-0.2, 0) is 4.79 Å². The summed E-state index contributed by atoms with van der Waals surface area (Å²) in [6, 6.07) is 7.24. The lowest BCUT2D eigenvalue weighted by molar-refractivity contribution is -0.129. The van der Waals surface area contributed by atoms with Gasteiger partial charge in [0.25, 0.3) is 0 Å². The molecule has 4 heteroatoms. The molecule has 0 aliphatic carbocycles. The predicted molar refractivity (Wildman–Crippen MR) is 51.6 cm³/mol. The highest BCUT2D eigenvalue weighted by molar-refractivity contribution is 8.15. The second-order valence-corrected chi connectivity index (χ2v) is 3.59. The van der Waals surface area contributed by atoms with E-state index in [0.717, 1.165) is 17.3 Å². The van der Waals surface area contributed by atoms with E-state index in [2.05, 4.69) is 0 Å². The average Bonchev–Trinajstić information content (AvgIpc) is 2.08. The Balaban J connectivity index is 2.70. The summed E-state index contributed by atoms with van der Waals surface area (Å²) >= 11 is 0.833. The van der Waals surface area contributed by atoms with Gasteiger partial charge in [-0.05, 0) is 19.1 Å². The molecule has 0 atom stereocenters. The van der Waals surface area contributed by atoms with Crippen LogP contribution in [0.2, 0.25) is 0 Å². The van der Waals surface area contributed by atoms with E-state index in [4.69, 9.17) is 9.90 Å². The van der Waals surface area contributed by atoms with Gasteiger partial charge in [-0.2, -0.15) is 0 Å². The van der Waals surface area contributed by atoms with Crippen LogP contribution in [0.1, 0.15) is 5.56 Å². The molecule has 0 heterocycles. The minimum Gasteiger partial charge on any atom is -0.471 e. The summed E-state index contributed by atoms with van der Waals surface area (Å²) in [4.78, 5) is 19.9. The zero-order chi connectivity index (χ0) is 9.84. The van der Waals surface area contributed by atoms with Gasteiger partial charge in [0.15, 0.2) is 0 Å². The first-order chi connectivity index (χ1) is 6.09. The third-order valence-corrected chi connectivity index (χ3v) is 2.29. The van der Waals surface area contributed by atoms with Crippen LogP contribution in [0, 0.1) is 6.92 Å². The highest BCUT2D eigenvalue weighted by atomic mass is 32.2. The largest absolute Gasteiger partial charge is 0.471 e. The Morgan fingerprint density at radius 2 is 1.92 bits per heavy atom. The van der Waals surface area contributed by atoms with E-state index in [1.54, 1.807) is 12.1 Å². The molecule has 13 heavy (non-hydrogen) atoms. The summed E-state index contributed by atoms with van der Waals surface area (Å²) < 4.78 is 0. The molecule has 1 aromatic rings. The number of carboxylic acids is 1. The maximum absolute atomic E-state index is 10.3. The molecule has 0 saturated carbocycles. The lowest BCUT2D eigenvalue weighted by Gasteiger charge is -1.94.